The fourth-order valence-corrected chi connectivity index (χ4v) is 3.03. The summed E-state index contributed by atoms with van der Waals surface area (Å²) < 4.78 is 0. The van der Waals surface area contributed by atoms with Gasteiger partial charge in [0.05, 0.1) is 5.56 Å². The Kier molecular flexibility index (Phi) is 6.82. The van der Waals surface area contributed by atoms with Crippen LogP contribution in [0, 0.1) is 17.2 Å². The summed E-state index contributed by atoms with van der Waals surface area (Å²) in [6.45, 7) is 8.46. The SMILES string of the molecule is CC(C)c1ccc(C#N)c(NCCCN2CCC[C@@H](CO)C2)n1. The summed E-state index contributed by atoms with van der Waals surface area (Å²) in [5.41, 5.74) is 1.61. The summed E-state index contributed by atoms with van der Waals surface area (Å²) in [6, 6.07) is 5.98. The number of hydrogen-bond acceptors (Lipinski definition) is 5. The topological polar surface area (TPSA) is 72.2 Å². The van der Waals surface area contributed by atoms with Crippen molar-refractivity contribution in [2.45, 2.75) is 39.0 Å². The first-order valence-corrected chi connectivity index (χ1v) is 8.62. The van der Waals surface area contributed by atoms with Gasteiger partial charge in [0.15, 0.2) is 0 Å². The summed E-state index contributed by atoms with van der Waals surface area (Å²) in [4.78, 5) is 7.00. The van der Waals surface area contributed by atoms with Gasteiger partial charge in [-0.2, -0.15) is 5.26 Å². The molecule has 23 heavy (non-hydrogen) atoms. The highest BCUT2D eigenvalue weighted by Crippen LogP contribution is 2.19. The largest absolute Gasteiger partial charge is 0.396 e. The molecule has 5 heteroatoms. The summed E-state index contributed by atoms with van der Waals surface area (Å²) >= 11 is 0. The number of nitriles is 1. The second kappa shape index (κ2) is 8.85. The molecular weight excluding hydrogens is 288 g/mol. The van der Waals surface area contributed by atoms with Crippen LogP contribution < -0.4 is 5.32 Å². The van der Waals surface area contributed by atoms with Gasteiger partial charge in [-0.1, -0.05) is 13.8 Å². The van der Waals surface area contributed by atoms with Crippen LogP contribution in [0.15, 0.2) is 12.1 Å². The number of piperidine rings is 1. The van der Waals surface area contributed by atoms with Gasteiger partial charge in [0, 0.05) is 25.4 Å². The molecule has 0 saturated carbocycles. The van der Waals surface area contributed by atoms with Gasteiger partial charge in [-0.25, -0.2) is 4.98 Å². The van der Waals surface area contributed by atoms with Crippen molar-refractivity contribution in [3.05, 3.63) is 23.4 Å². The van der Waals surface area contributed by atoms with Crippen LogP contribution in [0.5, 0.6) is 0 Å². The maximum atomic E-state index is 9.28. The maximum Gasteiger partial charge on any atom is 0.144 e. The van der Waals surface area contributed by atoms with E-state index < -0.39 is 0 Å². The van der Waals surface area contributed by atoms with E-state index >= 15 is 0 Å². The molecule has 0 aliphatic carbocycles. The molecule has 1 atom stereocenters. The number of anilines is 1. The van der Waals surface area contributed by atoms with Gasteiger partial charge in [0.2, 0.25) is 0 Å². The number of nitrogens with zero attached hydrogens (tertiary/aromatic N) is 3. The highest BCUT2D eigenvalue weighted by Gasteiger charge is 2.18. The van der Waals surface area contributed by atoms with E-state index in [0.29, 0.717) is 29.8 Å². The molecule has 5 nitrogen and oxygen atoms in total. The van der Waals surface area contributed by atoms with Crippen LogP contribution in [0.2, 0.25) is 0 Å². The highest BCUT2D eigenvalue weighted by atomic mass is 16.3. The molecule has 2 heterocycles. The van der Waals surface area contributed by atoms with E-state index in [2.05, 4.69) is 35.1 Å². The molecule has 1 saturated heterocycles. The van der Waals surface area contributed by atoms with Crippen LogP contribution in [0.25, 0.3) is 0 Å². The molecule has 1 aliphatic rings. The lowest BCUT2D eigenvalue weighted by molar-refractivity contribution is 0.120. The Hall–Kier alpha value is -1.64. The lowest BCUT2D eigenvalue weighted by atomic mass is 9.99. The van der Waals surface area contributed by atoms with Crippen LogP contribution in [-0.2, 0) is 0 Å². The quantitative estimate of drug-likeness (QED) is 0.757. The number of nitrogens with one attached hydrogen (secondary N) is 1. The zero-order chi connectivity index (χ0) is 16.7. The van der Waals surface area contributed by atoms with Crippen molar-refractivity contribution in [3.8, 4) is 6.07 Å². The molecule has 2 rings (SSSR count). The number of likely N-dealkylation sites (tertiary alicyclic amines) is 1. The van der Waals surface area contributed by atoms with Crippen molar-refractivity contribution in [1.82, 2.24) is 9.88 Å². The van der Waals surface area contributed by atoms with Crippen LogP contribution in [0.3, 0.4) is 0 Å². The Labute approximate surface area is 139 Å². The minimum absolute atomic E-state index is 0.298. The Balaban J connectivity index is 1.82. The van der Waals surface area contributed by atoms with Crippen molar-refractivity contribution in [2.75, 3.05) is 38.1 Å². The van der Waals surface area contributed by atoms with E-state index in [-0.39, 0.29) is 0 Å². The summed E-state index contributed by atoms with van der Waals surface area (Å²) in [7, 11) is 0. The second-order valence-corrected chi connectivity index (χ2v) is 6.67. The maximum absolute atomic E-state index is 9.28. The van der Waals surface area contributed by atoms with Crippen molar-refractivity contribution in [3.63, 3.8) is 0 Å². The van der Waals surface area contributed by atoms with Crippen molar-refractivity contribution in [1.29, 1.82) is 5.26 Å². The standard InChI is InChI=1S/C18H28N4O/c1-14(2)17-7-6-16(11-19)18(21-17)20-8-4-10-22-9-3-5-15(12-22)13-23/h6-7,14-15,23H,3-5,8-10,12-13H2,1-2H3,(H,20,21)/t15-/m1/s1. The Morgan fingerprint density at radius 1 is 1.48 bits per heavy atom. The number of hydrogen-bond donors (Lipinski definition) is 2. The average Bonchev–Trinajstić information content (AvgIpc) is 2.58. The van der Waals surface area contributed by atoms with Crippen LogP contribution in [0.4, 0.5) is 5.82 Å². The predicted molar refractivity (Wildman–Crippen MR) is 92.4 cm³/mol. The summed E-state index contributed by atoms with van der Waals surface area (Å²) in [5, 5.41) is 21.8. The third-order valence-corrected chi connectivity index (χ3v) is 4.43. The number of aromatic nitrogens is 1. The van der Waals surface area contributed by atoms with Gasteiger partial charge >= 0.3 is 0 Å². The van der Waals surface area contributed by atoms with Crippen LogP contribution >= 0.6 is 0 Å². The van der Waals surface area contributed by atoms with Crippen molar-refractivity contribution >= 4 is 5.82 Å². The molecule has 0 aromatic carbocycles. The third-order valence-electron chi connectivity index (χ3n) is 4.43. The first-order valence-electron chi connectivity index (χ1n) is 8.62. The molecule has 0 spiro atoms. The number of aliphatic hydroxyl groups excluding tert-OH is 1. The van der Waals surface area contributed by atoms with E-state index in [1.807, 2.05) is 12.1 Å². The van der Waals surface area contributed by atoms with Gasteiger partial charge in [0.25, 0.3) is 0 Å². The molecular formula is C18H28N4O. The molecule has 1 aromatic heterocycles. The van der Waals surface area contributed by atoms with E-state index in [0.717, 1.165) is 44.7 Å². The Bertz CT molecular complexity index is 538. The van der Waals surface area contributed by atoms with Gasteiger partial charge < -0.3 is 15.3 Å². The first-order chi connectivity index (χ1) is 11.1. The summed E-state index contributed by atoms with van der Waals surface area (Å²) in [6.07, 6.45) is 3.33. The van der Waals surface area contributed by atoms with E-state index in [9.17, 15) is 10.4 Å². The van der Waals surface area contributed by atoms with Gasteiger partial charge in [-0.3, -0.25) is 0 Å². The molecule has 0 radical (unpaired) electrons. The molecule has 0 unspecified atom stereocenters. The van der Waals surface area contributed by atoms with Gasteiger partial charge in [0.1, 0.15) is 11.9 Å². The second-order valence-electron chi connectivity index (χ2n) is 6.67. The molecule has 1 fully saturated rings. The third kappa shape index (κ3) is 5.19. The first kappa shape index (κ1) is 17.7. The average molecular weight is 316 g/mol. The smallest absolute Gasteiger partial charge is 0.144 e. The van der Waals surface area contributed by atoms with E-state index in [1.165, 1.54) is 6.42 Å². The normalized spacial score (nSPS) is 18.8. The van der Waals surface area contributed by atoms with Crippen LogP contribution in [0.1, 0.15) is 50.3 Å². The van der Waals surface area contributed by atoms with Crippen LogP contribution in [-0.4, -0.2) is 47.8 Å². The monoisotopic (exact) mass is 316 g/mol. The molecule has 126 valence electrons. The molecule has 0 bridgehead atoms. The highest BCUT2D eigenvalue weighted by molar-refractivity contribution is 5.52. The van der Waals surface area contributed by atoms with Crippen molar-refractivity contribution in [2.24, 2.45) is 5.92 Å². The van der Waals surface area contributed by atoms with Crippen molar-refractivity contribution < 1.29 is 5.11 Å². The molecule has 1 aliphatic heterocycles. The minimum Gasteiger partial charge on any atom is -0.396 e. The fraction of sp³-hybridized carbons (Fsp3) is 0.667. The fourth-order valence-electron chi connectivity index (χ4n) is 3.03. The molecule has 2 N–H and O–H groups in total. The Morgan fingerprint density at radius 2 is 2.30 bits per heavy atom. The Morgan fingerprint density at radius 3 is 3.00 bits per heavy atom. The zero-order valence-corrected chi connectivity index (χ0v) is 14.3. The van der Waals surface area contributed by atoms with E-state index in [1.54, 1.807) is 0 Å². The minimum atomic E-state index is 0.298. The predicted octanol–water partition coefficient (Wildman–Crippen LogP) is 2.58. The molecule has 1 aromatic rings. The summed E-state index contributed by atoms with van der Waals surface area (Å²) in [5.74, 6) is 1.49. The van der Waals surface area contributed by atoms with Gasteiger partial charge in [-0.15, -0.1) is 0 Å². The lowest BCUT2D eigenvalue weighted by Crippen LogP contribution is -2.37. The number of aliphatic hydroxyl groups is 1. The zero-order valence-electron chi connectivity index (χ0n) is 14.3. The lowest BCUT2D eigenvalue weighted by Gasteiger charge is -2.31. The number of rotatable bonds is 7. The van der Waals surface area contributed by atoms with E-state index in [4.69, 9.17) is 0 Å². The van der Waals surface area contributed by atoms with Gasteiger partial charge in [-0.05, 0) is 56.3 Å². The number of pyridine rings is 1. The molecule has 0 amide bonds.